The smallest absolute Gasteiger partial charge is 0.315 e. The average Bonchev–Trinajstić information content (AvgIpc) is 2.61. The molecule has 1 aromatic carbocycles. The number of nitrogens with one attached hydrogen (secondary N) is 3. The molecule has 6 heteroatoms. The summed E-state index contributed by atoms with van der Waals surface area (Å²) in [6.45, 7) is 4.83. The van der Waals surface area contributed by atoms with E-state index in [2.05, 4.69) is 20.9 Å². The van der Waals surface area contributed by atoms with Gasteiger partial charge in [-0.05, 0) is 43.7 Å². The Morgan fingerprint density at radius 3 is 2.56 bits per heavy atom. The summed E-state index contributed by atoms with van der Waals surface area (Å²) < 4.78 is 0. The number of rotatable bonds is 6. The zero-order chi connectivity index (χ0) is 18.1. The topological polar surface area (TPSA) is 83.1 Å². The first kappa shape index (κ1) is 18.2. The minimum Gasteiger partial charge on any atom is -0.335 e. The minimum absolute atomic E-state index is 0.202. The van der Waals surface area contributed by atoms with Crippen LogP contribution in [-0.2, 0) is 6.54 Å². The second-order valence-electron chi connectivity index (χ2n) is 5.74. The van der Waals surface area contributed by atoms with Crippen molar-refractivity contribution >= 4 is 17.6 Å². The number of carbonyl (C=O) groups is 2. The molecule has 0 bridgehead atoms. The average molecular weight is 338 g/mol. The van der Waals surface area contributed by atoms with E-state index in [-0.39, 0.29) is 11.9 Å². The third-order valence-electron chi connectivity index (χ3n) is 3.35. The Morgan fingerprint density at radius 2 is 1.84 bits per heavy atom. The van der Waals surface area contributed by atoms with Gasteiger partial charge in [0.25, 0.3) is 5.91 Å². The molecule has 1 heterocycles. The molecular weight excluding hydrogens is 316 g/mol. The van der Waals surface area contributed by atoms with Crippen molar-refractivity contribution in [2.24, 2.45) is 0 Å². The number of amides is 3. The first-order chi connectivity index (χ1) is 12.0. The molecule has 1 aromatic heterocycles. The van der Waals surface area contributed by atoms with Gasteiger partial charge in [-0.15, -0.1) is 0 Å². The van der Waals surface area contributed by atoms with Gasteiger partial charge in [-0.25, -0.2) is 4.79 Å². The zero-order valence-corrected chi connectivity index (χ0v) is 14.4. The summed E-state index contributed by atoms with van der Waals surface area (Å²) in [7, 11) is 0. The Labute approximate surface area is 147 Å². The Bertz CT molecular complexity index is 753. The van der Waals surface area contributed by atoms with Gasteiger partial charge < -0.3 is 16.0 Å². The van der Waals surface area contributed by atoms with Gasteiger partial charge in [-0.3, -0.25) is 9.78 Å². The molecule has 0 fully saturated rings. The Balaban J connectivity index is 1.87. The number of benzene rings is 1. The SMILES string of the molecule is CC(C)=CCNC(=O)NCc1cccc(NC(=O)c2ccncc2)c1. The lowest BCUT2D eigenvalue weighted by atomic mass is 10.2. The van der Waals surface area contributed by atoms with Crippen molar-refractivity contribution in [2.75, 3.05) is 11.9 Å². The molecule has 0 aliphatic rings. The molecule has 25 heavy (non-hydrogen) atoms. The first-order valence-electron chi connectivity index (χ1n) is 8.00. The van der Waals surface area contributed by atoms with Crippen LogP contribution in [0.3, 0.4) is 0 Å². The number of hydrogen-bond acceptors (Lipinski definition) is 3. The van der Waals surface area contributed by atoms with Crippen LogP contribution in [0.4, 0.5) is 10.5 Å². The number of carbonyl (C=O) groups excluding carboxylic acids is 2. The van der Waals surface area contributed by atoms with E-state index >= 15 is 0 Å². The Morgan fingerprint density at radius 1 is 1.08 bits per heavy atom. The molecule has 3 N–H and O–H groups in total. The molecule has 0 radical (unpaired) electrons. The number of nitrogens with zero attached hydrogens (tertiary/aromatic N) is 1. The molecule has 0 saturated heterocycles. The largest absolute Gasteiger partial charge is 0.335 e. The van der Waals surface area contributed by atoms with Crippen LogP contribution < -0.4 is 16.0 Å². The van der Waals surface area contributed by atoms with Crippen LogP contribution in [-0.4, -0.2) is 23.5 Å². The third kappa shape index (κ3) is 6.47. The summed E-state index contributed by atoms with van der Waals surface area (Å²) >= 11 is 0. The maximum atomic E-state index is 12.1. The Hall–Kier alpha value is -3.15. The van der Waals surface area contributed by atoms with E-state index in [1.165, 1.54) is 0 Å². The highest BCUT2D eigenvalue weighted by atomic mass is 16.2. The summed E-state index contributed by atoms with van der Waals surface area (Å²) in [5.41, 5.74) is 3.26. The van der Waals surface area contributed by atoms with Crippen molar-refractivity contribution in [2.45, 2.75) is 20.4 Å². The van der Waals surface area contributed by atoms with Gasteiger partial charge in [0.15, 0.2) is 0 Å². The molecule has 0 aliphatic carbocycles. The lowest BCUT2D eigenvalue weighted by molar-refractivity contribution is 0.102. The molecule has 0 saturated carbocycles. The number of anilines is 1. The molecular formula is C19H22N4O2. The van der Waals surface area contributed by atoms with Crippen molar-refractivity contribution in [3.05, 3.63) is 71.6 Å². The normalized spacial score (nSPS) is 9.84. The van der Waals surface area contributed by atoms with Gasteiger partial charge in [-0.2, -0.15) is 0 Å². The molecule has 0 aliphatic heterocycles. The summed E-state index contributed by atoms with van der Waals surface area (Å²) in [6.07, 6.45) is 5.08. The quantitative estimate of drug-likeness (QED) is 0.708. The number of aromatic nitrogens is 1. The zero-order valence-electron chi connectivity index (χ0n) is 14.4. The number of urea groups is 1. The van der Waals surface area contributed by atoms with Crippen LogP contribution in [0, 0.1) is 0 Å². The number of pyridine rings is 1. The maximum Gasteiger partial charge on any atom is 0.315 e. The van der Waals surface area contributed by atoms with E-state index in [0.717, 1.165) is 11.1 Å². The van der Waals surface area contributed by atoms with E-state index in [9.17, 15) is 9.59 Å². The number of hydrogen-bond donors (Lipinski definition) is 3. The van der Waals surface area contributed by atoms with Gasteiger partial charge in [-0.1, -0.05) is 23.8 Å². The van der Waals surface area contributed by atoms with E-state index in [1.54, 1.807) is 30.6 Å². The van der Waals surface area contributed by atoms with E-state index < -0.39 is 0 Å². The molecule has 130 valence electrons. The lowest BCUT2D eigenvalue weighted by Gasteiger charge is -2.09. The van der Waals surface area contributed by atoms with Crippen molar-refractivity contribution in [3.8, 4) is 0 Å². The standard InChI is InChI=1S/C19H22N4O2/c1-14(2)6-11-21-19(25)22-13-15-4-3-5-17(12-15)23-18(24)16-7-9-20-10-8-16/h3-10,12H,11,13H2,1-2H3,(H,23,24)(H2,21,22,25). The lowest BCUT2D eigenvalue weighted by Crippen LogP contribution is -2.35. The molecule has 6 nitrogen and oxygen atoms in total. The van der Waals surface area contributed by atoms with E-state index in [0.29, 0.717) is 24.3 Å². The molecule has 3 amide bonds. The van der Waals surface area contributed by atoms with Gasteiger partial charge in [0.1, 0.15) is 0 Å². The van der Waals surface area contributed by atoms with Gasteiger partial charge in [0.2, 0.25) is 0 Å². The Kier molecular flexibility index (Phi) is 6.71. The van der Waals surface area contributed by atoms with Crippen molar-refractivity contribution < 1.29 is 9.59 Å². The summed E-state index contributed by atoms with van der Waals surface area (Å²) in [4.78, 5) is 27.7. The van der Waals surface area contributed by atoms with Crippen molar-refractivity contribution in [1.82, 2.24) is 15.6 Å². The second kappa shape index (κ2) is 9.22. The highest BCUT2D eigenvalue weighted by Gasteiger charge is 2.06. The van der Waals surface area contributed by atoms with E-state index in [1.807, 2.05) is 38.1 Å². The van der Waals surface area contributed by atoms with Crippen LogP contribution in [0.2, 0.25) is 0 Å². The maximum absolute atomic E-state index is 12.1. The van der Waals surface area contributed by atoms with Crippen LogP contribution in [0.25, 0.3) is 0 Å². The van der Waals surface area contributed by atoms with Crippen molar-refractivity contribution in [3.63, 3.8) is 0 Å². The number of allylic oxidation sites excluding steroid dienone is 1. The van der Waals surface area contributed by atoms with Crippen LogP contribution in [0.1, 0.15) is 29.8 Å². The van der Waals surface area contributed by atoms with Crippen LogP contribution in [0.5, 0.6) is 0 Å². The van der Waals surface area contributed by atoms with Gasteiger partial charge in [0.05, 0.1) is 0 Å². The second-order valence-corrected chi connectivity index (χ2v) is 5.74. The third-order valence-corrected chi connectivity index (χ3v) is 3.35. The summed E-state index contributed by atoms with van der Waals surface area (Å²) in [5, 5.41) is 8.37. The predicted molar refractivity (Wildman–Crippen MR) is 98.3 cm³/mol. The van der Waals surface area contributed by atoms with Crippen molar-refractivity contribution in [1.29, 1.82) is 0 Å². The van der Waals surface area contributed by atoms with Gasteiger partial charge in [0, 0.05) is 36.7 Å². The van der Waals surface area contributed by atoms with Crippen LogP contribution >= 0.6 is 0 Å². The highest BCUT2D eigenvalue weighted by Crippen LogP contribution is 2.12. The molecule has 0 atom stereocenters. The molecule has 2 rings (SSSR count). The predicted octanol–water partition coefficient (Wildman–Crippen LogP) is 3.10. The summed E-state index contributed by atoms with van der Waals surface area (Å²) in [5.74, 6) is -0.202. The molecule has 0 spiro atoms. The fraction of sp³-hybridized carbons (Fsp3) is 0.211. The van der Waals surface area contributed by atoms with E-state index in [4.69, 9.17) is 0 Å². The molecule has 0 unspecified atom stereocenters. The first-order valence-corrected chi connectivity index (χ1v) is 8.00. The van der Waals surface area contributed by atoms with Crippen LogP contribution in [0.15, 0.2) is 60.4 Å². The summed E-state index contributed by atoms with van der Waals surface area (Å²) in [6, 6.07) is 10.4. The fourth-order valence-electron chi connectivity index (χ4n) is 2.06. The monoisotopic (exact) mass is 338 g/mol. The highest BCUT2D eigenvalue weighted by molar-refractivity contribution is 6.04. The minimum atomic E-state index is -0.233. The van der Waals surface area contributed by atoms with Gasteiger partial charge >= 0.3 is 6.03 Å². The fourth-order valence-corrected chi connectivity index (χ4v) is 2.06. The molecule has 2 aromatic rings.